The Hall–Kier alpha value is -2.13. The molecule has 0 unspecified atom stereocenters. The lowest BCUT2D eigenvalue weighted by Gasteiger charge is -2.42. The van der Waals surface area contributed by atoms with E-state index in [4.69, 9.17) is 0 Å². The highest BCUT2D eigenvalue weighted by molar-refractivity contribution is 5.87. The molecule has 3 heteroatoms. The summed E-state index contributed by atoms with van der Waals surface area (Å²) < 4.78 is 1.06. The molecule has 1 saturated heterocycles. The summed E-state index contributed by atoms with van der Waals surface area (Å²) in [4.78, 5) is 15.4. The van der Waals surface area contributed by atoms with Gasteiger partial charge in [0.05, 0.1) is 45.7 Å². The average molecular weight is 323 g/mol. The number of piperazine rings is 1. The molecule has 0 aliphatic carbocycles. The summed E-state index contributed by atoms with van der Waals surface area (Å²) in [6, 6.07) is 20.3. The Labute approximate surface area is 145 Å². The van der Waals surface area contributed by atoms with E-state index in [1.165, 1.54) is 0 Å². The fourth-order valence-corrected chi connectivity index (χ4v) is 3.44. The molecule has 0 aromatic heterocycles. The molecule has 0 atom stereocenters. The number of rotatable bonds is 4. The number of benzene rings is 2. The molecular formula is C21H27N2O+. The van der Waals surface area contributed by atoms with Crippen LogP contribution in [0.15, 0.2) is 60.7 Å². The van der Waals surface area contributed by atoms with Gasteiger partial charge in [-0.3, -0.25) is 4.79 Å². The summed E-state index contributed by atoms with van der Waals surface area (Å²) in [5.74, 6) is 0.0284. The highest BCUT2D eigenvalue weighted by atomic mass is 16.2. The molecule has 1 heterocycles. The second kappa shape index (κ2) is 7.18. The number of carbonyl (C=O) groups is 1. The molecule has 0 radical (unpaired) electrons. The normalized spacial score (nSPS) is 17.0. The fraction of sp³-hybridized carbons (Fsp3) is 0.381. The maximum Gasteiger partial charge on any atom is 0.234 e. The third kappa shape index (κ3) is 3.51. The van der Waals surface area contributed by atoms with Crippen LogP contribution in [0.25, 0.3) is 0 Å². The van der Waals surface area contributed by atoms with Gasteiger partial charge in [0.1, 0.15) is 0 Å². The summed E-state index contributed by atoms with van der Waals surface area (Å²) in [6.07, 6.45) is 0. The highest BCUT2D eigenvalue weighted by Crippen LogP contribution is 2.27. The molecule has 1 fully saturated rings. The minimum absolute atomic E-state index is 0.203. The Kier molecular flexibility index (Phi) is 5.00. The Bertz CT molecular complexity index is 621. The van der Waals surface area contributed by atoms with Crippen LogP contribution in [0.5, 0.6) is 0 Å². The van der Waals surface area contributed by atoms with E-state index in [-0.39, 0.29) is 11.8 Å². The number of hydrogen-bond acceptors (Lipinski definition) is 1. The van der Waals surface area contributed by atoms with Crippen molar-refractivity contribution in [1.29, 1.82) is 0 Å². The smallest absolute Gasteiger partial charge is 0.234 e. The van der Waals surface area contributed by atoms with E-state index in [1.54, 1.807) is 0 Å². The summed E-state index contributed by atoms with van der Waals surface area (Å²) in [5, 5.41) is 0. The van der Waals surface area contributed by atoms with Gasteiger partial charge >= 0.3 is 0 Å². The van der Waals surface area contributed by atoms with Gasteiger partial charge in [0.15, 0.2) is 0 Å². The first-order chi connectivity index (χ1) is 11.6. The van der Waals surface area contributed by atoms with E-state index in [0.29, 0.717) is 0 Å². The van der Waals surface area contributed by atoms with Gasteiger partial charge in [0, 0.05) is 0 Å². The molecule has 126 valence electrons. The van der Waals surface area contributed by atoms with Crippen LogP contribution >= 0.6 is 0 Å². The highest BCUT2D eigenvalue weighted by Gasteiger charge is 2.33. The molecule has 3 rings (SSSR count). The zero-order valence-corrected chi connectivity index (χ0v) is 14.7. The summed E-state index contributed by atoms with van der Waals surface area (Å²) in [6.45, 7) is 7.13. The van der Waals surface area contributed by atoms with Crippen LogP contribution in [0.4, 0.5) is 0 Å². The Balaban J connectivity index is 1.86. The molecule has 0 N–H and O–H groups in total. The van der Waals surface area contributed by atoms with Crippen molar-refractivity contribution >= 4 is 5.91 Å². The van der Waals surface area contributed by atoms with Crippen molar-refractivity contribution in [3.8, 4) is 0 Å². The lowest BCUT2D eigenvalue weighted by atomic mass is 9.90. The van der Waals surface area contributed by atoms with E-state index in [0.717, 1.165) is 48.3 Å². The fourth-order valence-electron chi connectivity index (χ4n) is 3.44. The summed E-state index contributed by atoms with van der Waals surface area (Å²) in [7, 11) is 2.29. The predicted molar refractivity (Wildman–Crippen MR) is 97.8 cm³/mol. The Morgan fingerprint density at radius 3 is 1.83 bits per heavy atom. The molecule has 2 aromatic rings. The van der Waals surface area contributed by atoms with Crippen LogP contribution in [-0.4, -0.2) is 55.1 Å². The number of nitrogens with zero attached hydrogens (tertiary/aromatic N) is 2. The molecular weight excluding hydrogens is 296 g/mol. The minimum Gasteiger partial charge on any atom is -0.331 e. The number of carbonyl (C=O) groups excluding carboxylic acids is 1. The van der Waals surface area contributed by atoms with Crippen molar-refractivity contribution < 1.29 is 9.28 Å². The Morgan fingerprint density at radius 1 is 0.958 bits per heavy atom. The summed E-state index contributed by atoms with van der Waals surface area (Å²) in [5.41, 5.74) is 2.15. The Morgan fingerprint density at radius 2 is 1.42 bits per heavy atom. The van der Waals surface area contributed by atoms with E-state index < -0.39 is 0 Å². The van der Waals surface area contributed by atoms with Crippen molar-refractivity contribution in [2.24, 2.45) is 0 Å². The number of likely N-dealkylation sites (N-methyl/N-ethyl adjacent to an activating group) is 1. The van der Waals surface area contributed by atoms with E-state index in [9.17, 15) is 4.79 Å². The third-order valence-electron chi connectivity index (χ3n) is 5.41. The van der Waals surface area contributed by atoms with Crippen LogP contribution in [0.2, 0.25) is 0 Å². The molecule has 1 aliphatic rings. The first-order valence-electron chi connectivity index (χ1n) is 8.85. The maximum absolute atomic E-state index is 13.3. The molecule has 24 heavy (non-hydrogen) atoms. The largest absolute Gasteiger partial charge is 0.331 e. The van der Waals surface area contributed by atoms with Gasteiger partial charge in [-0.15, -0.1) is 0 Å². The van der Waals surface area contributed by atoms with E-state index in [1.807, 2.05) is 36.4 Å². The molecule has 0 spiro atoms. The van der Waals surface area contributed by atoms with Gasteiger partial charge in [0.25, 0.3) is 0 Å². The van der Waals surface area contributed by atoms with Gasteiger partial charge in [0.2, 0.25) is 5.91 Å². The monoisotopic (exact) mass is 323 g/mol. The quantitative estimate of drug-likeness (QED) is 0.792. The zero-order chi connectivity index (χ0) is 17.0. The average Bonchev–Trinajstić information content (AvgIpc) is 2.64. The first kappa shape index (κ1) is 16.7. The van der Waals surface area contributed by atoms with Crippen molar-refractivity contribution in [2.75, 3.05) is 39.8 Å². The number of quaternary nitrogens is 1. The topological polar surface area (TPSA) is 20.3 Å². The van der Waals surface area contributed by atoms with Crippen molar-refractivity contribution in [2.45, 2.75) is 12.8 Å². The van der Waals surface area contributed by atoms with Crippen LogP contribution in [0.3, 0.4) is 0 Å². The molecule has 3 nitrogen and oxygen atoms in total. The lowest BCUT2D eigenvalue weighted by Crippen LogP contribution is -2.58. The lowest BCUT2D eigenvalue weighted by molar-refractivity contribution is -0.911. The van der Waals surface area contributed by atoms with Gasteiger partial charge < -0.3 is 9.38 Å². The second-order valence-electron chi connectivity index (χ2n) is 6.96. The van der Waals surface area contributed by atoms with Crippen LogP contribution in [0.1, 0.15) is 24.0 Å². The number of amides is 1. The minimum atomic E-state index is -0.203. The summed E-state index contributed by atoms with van der Waals surface area (Å²) >= 11 is 0. The maximum atomic E-state index is 13.3. The molecule has 1 amide bonds. The van der Waals surface area contributed by atoms with E-state index in [2.05, 4.69) is 43.1 Å². The van der Waals surface area contributed by atoms with Crippen LogP contribution in [-0.2, 0) is 4.79 Å². The molecule has 2 aromatic carbocycles. The molecule has 0 bridgehead atoms. The SMILES string of the molecule is CC[N+]1(C)CCN(C(=O)C(c2ccccc2)c2ccccc2)CC1. The van der Waals surface area contributed by atoms with Crippen molar-refractivity contribution in [1.82, 2.24) is 4.90 Å². The van der Waals surface area contributed by atoms with E-state index >= 15 is 0 Å². The molecule has 0 saturated carbocycles. The van der Waals surface area contributed by atoms with Crippen LogP contribution in [0, 0.1) is 0 Å². The first-order valence-corrected chi connectivity index (χ1v) is 8.85. The zero-order valence-electron chi connectivity index (χ0n) is 14.7. The van der Waals surface area contributed by atoms with Gasteiger partial charge in [-0.1, -0.05) is 60.7 Å². The second-order valence-corrected chi connectivity index (χ2v) is 6.96. The van der Waals surface area contributed by atoms with Crippen LogP contribution < -0.4 is 0 Å². The van der Waals surface area contributed by atoms with Gasteiger partial charge in [-0.2, -0.15) is 0 Å². The molecule has 1 aliphatic heterocycles. The predicted octanol–water partition coefficient (Wildman–Crippen LogP) is 3.13. The van der Waals surface area contributed by atoms with Gasteiger partial charge in [-0.25, -0.2) is 0 Å². The third-order valence-corrected chi connectivity index (χ3v) is 5.41. The van der Waals surface area contributed by atoms with Crippen molar-refractivity contribution in [3.05, 3.63) is 71.8 Å². The number of hydrogen-bond donors (Lipinski definition) is 0. The van der Waals surface area contributed by atoms with Crippen molar-refractivity contribution in [3.63, 3.8) is 0 Å². The van der Waals surface area contributed by atoms with Gasteiger partial charge in [-0.05, 0) is 18.1 Å². The standard InChI is InChI=1S/C21H27N2O/c1-3-23(2)16-14-22(15-17-23)21(24)20(18-10-6-4-7-11-18)19-12-8-5-9-13-19/h4-13,20H,3,14-17H2,1-2H3/q+1.